The Balaban J connectivity index is 2.10. The molecule has 0 aromatic carbocycles. The molecule has 0 bridgehead atoms. The minimum atomic E-state index is 0.415. The van der Waals surface area contributed by atoms with Crippen LogP contribution in [0.5, 0.6) is 0 Å². The number of hydrogen-bond donors (Lipinski definition) is 2. The fraction of sp³-hybridized carbons (Fsp3) is 0.200. The van der Waals surface area contributed by atoms with Crippen molar-refractivity contribution in [3.05, 3.63) is 54.7 Å². The zero-order valence-corrected chi connectivity index (χ0v) is 14.5. The molecule has 0 aliphatic heterocycles. The summed E-state index contributed by atoms with van der Waals surface area (Å²) in [6.45, 7) is 7.30. The predicted molar refractivity (Wildman–Crippen MR) is 92.9 cm³/mol. The van der Waals surface area contributed by atoms with Gasteiger partial charge in [0.25, 0.3) is 0 Å². The lowest BCUT2D eigenvalue weighted by atomic mass is 10.1. The van der Waals surface area contributed by atoms with Gasteiger partial charge in [-0.3, -0.25) is 0 Å². The Kier molecular flexibility index (Phi) is 6.00. The number of hydrogen-bond acceptors (Lipinski definition) is 6. The molecule has 0 aliphatic carbocycles. The van der Waals surface area contributed by atoms with Gasteiger partial charge in [0.2, 0.25) is 10.3 Å². The average Bonchev–Trinajstić information content (AvgIpc) is 3.06. The summed E-state index contributed by atoms with van der Waals surface area (Å²) in [4.78, 5) is 8.29. The first kappa shape index (κ1) is 17.3. The highest BCUT2D eigenvalue weighted by molar-refractivity contribution is 8.76. The SMILES string of the molecule is C=CC=CC/C(=C\C)c1cnc(SSc2ncc(C)n2O)n1O. The van der Waals surface area contributed by atoms with Crippen molar-refractivity contribution in [2.45, 2.75) is 30.6 Å². The van der Waals surface area contributed by atoms with Gasteiger partial charge in [-0.25, -0.2) is 9.97 Å². The van der Waals surface area contributed by atoms with Crippen molar-refractivity contribution < 1.29 is 10.4 Å². The molecule has 0 spiro atoms. The Morgan fingerprint density at radius 3 is 2.43 bits per heavy atom. The molecule has 2 aromatic rings. The molecule has 2 aromatic heterocycles. The standard InChI is InChI=1S/C15H18N4O2S2/c1-4-6-7-8-12(5-2)13-10-17-15(19(13)21)23-22-14-16-9-11(3)18(14)20/h4-7,9-10,20-21H,1,8H2,2-3H3/b7-6?,12-5+. The van der Waals surface area contributed by atoms with Crippen molar-refractivity contribution in [3.8, 4) is 0 Å². The average molecular weight is 350 g/mol. The summed E-state index contributed by atoms with van der Waals surface area (Å²) in [7, 11) is 2.44. The van der Waals surface area contributed by atoms with Crippen molar-refractivity contribution in [2.24, 2.45) is 0 Å². The van der Waals surface area contributed by atoms with Crippen LogP contribution >= 0.6 is 21.6 Å². The summed E-state index contributed by atoms with van der Waals surface area (Å²) >= 11 is 0. The van der Waals surface area contributed by atoms with E-state index in [9.17, 15) is 10.4 Å². The Morgan fingerprint density at radius 1 is 1.22 bits per heavy atom. The van der Waals surface area contributed by atoms with E-state index in [-0.39, 0.29) is 0 Å². The van der Waals surface area contributed by atoms with Crippen LogP contribution in [0, 0.1) is 6.92 Å². The second-order valence-electron chi connectivity index (χ2n) is 4.58. The van der Waals surface area contributed by atoms with Crippen LogP contribution in [0.15, 0.2) is 53.6 Å². The molecule has 2 N–H and O–H groups in total. The van der Waals surface area contributed by atoms with E-state index in [0.29, 0.717) is 28.1 Å². The van der Waals surface area contributed by atoms with E-state index in [0.717, 1.165) is 15.0 Å². The molecule has 0 saturated heterocycles. The summed E-state index contributed by atoms with van der Waals surface area (Å²) in [6.07, 6.45) is 11.3. The molecule has 0 unspecified atom stereocenters. The lowest BCUT2D eigenvalue weighted by Crippen LogP contribution is -1.98. The smallest absolute Gasteiger partial charge is 0.214 e. The van der Waals surface area contributed by atoms with Crippen LogP contribution in [-0.4, -0.2) is 29.8 Å². The van der Waals surface area contributed by atoms with E-state index < -0.39 is 0 Å². The normalized spacial score (nSPS) is 12.2. The quantitative estimate of drug-likeness (QED) is 0.443. The van der Waals surface area contributed by atoms with Crippen molar-refractivity contribution in [3.63, 3.8) is 0 Å². The molecule has 0 fully saturated rings. The fourth-order valence-corrected chi connectivity index (χ4v) is 3.66. The molecule has 122 valence electrons. The van der Waals surface area contributed by atoms with Gasteiger partial charge in [-0.15, -0.1) is 0 Å². The van der Waals surface area contributed by atoms with Gasteiger partial charge in [-0.2, -0.15) is 9.46 Å². The van der Waals surface area contributed by atoms with Gasteiger partial charge < -0.3 is 10.4 Å². The number of imidazole rings is 2. The first-order valence-corrected chi connectivity index (χ1v) is 9.01. The molecule has 0 amide bonds. The van der Waals surface area contributed by atoms with Crippen LogP contribution in [0.3, 0.4) is 0 Å². The third kappa shape index (κ3) is 4.02. The molecule has 6 nitrogen and oxygen atoms in total. The zero-order chi connectivity index (χ0) is 16.8. The minimum Gasteiger partial charge on any atom is -0.426 e. The molecular formula is C15H18N4O2S2. The Hall–Kier alpha value is -2.06. The molecule has 2 rings (SSSR count). The van der Waals surface area contributed by atoms with Gasteiger partial charge in [0.05, 0.1) is 18.1 Å². The maximum absolute atomic E-state index is 10.3. The van der Waals surface area contributed by atoms with E-state index in [4.69, 9.17) is 0 Å². The van der Waals surface area contributed by atoms with Gasteiger partial charge in [0, 0.05) is 0 Å². The second kappa shape index (κ2) is 7.98. The van der Waals surface area contributed by atoms with E-state index in [1.165, 1.54) is 21.6 Å². The van der Waals surface area contributed by atoms with Crippen LogP contribution in [-0.2, 0) is 0 Å². The Labute approximate surface area is 142 Å². The number of nitrogens with zero attached hydrogens (tertiary/aromatic N) is 4. The maximum Gasteiger partial charge on any atom is 0.214 e. The zero-order valence-electron chi connectivity index (χ0n) is 12.9. The molecule has 0 radical (unpaired) electrons. The van der Waals surface area contributed by atoms with Crippen LogP contribution in [0.4, 0.5) is 0 Å². The van der Waals surface area contributed by atoms with Crippen LogP contribution < -0.4 is 0 Å². The lowest BCUT2D eigenvalue weighted by Gasteiger charge is -2.05. The summed E-state index contributed by atoms with van der Waals surface area (Å²) in [6, 6.07) is 0. The molecule has 0 saturated carbocycles. The lowest BCUT2D eigenvalue weighted by molar-refractivity contribution is 0.154. The largest absolute Gasteiger partial charge is 0.426 e. The first-order chi connectivity index (χ1) is 11.1. The van der Waals surface area contributed by atoms with Gasteiger partial charge in [0.15, 0.2) is 0 Å². The summed E-state index contributed by atoms with van der Waals surface area (Å²) < 4.78 is 2.05. The van der Waals surface area contributed by atoms with Crippen molar-refractivity contribution >= 4 is 27.2 Å². The molecular weight excluding hydrogens is 332 g/mol. The number of aromatic nitrogens is 4. The molecule has 8 heteroatoms. The third-order valence-electron chi connectivity index (χ3n) is 3.06. The Morgan fingerprint density at radius 2 is 1.87 bits per heavy atom. The molecule has 0 aliphatic rings. The highest BCUT2D eigenvalue weighted by Gasteiger charge is 2.15. The second-order valence-corrected chi connectivity index (χ2v) is 6.64. The number of rotatable bonds is 7. The van der Waals surface area contributed by atoms with Crippen molar-refractivity contribution in [1.82, 2.24) is 19.4 Å². The summed E-state index contributed by atoms with van der Waals surface area (Å²) in [5.41, 5.74) is 2.23. The Bertz CT molecular complexity index is 747. The predicted octanol–water partition coefficient (Wildman–Crippen LogP) is 4.20. The monoisotopic (exact) mass is 350 g/mol. The van der Waals surface area contributed by atoms with Gasteiger partial charge in [0.1, 0.15) is 5.69 Å². The highest BCUT2D eigenvalue weighted by atomic mass is 33.1. The summed E-state index contributed by atoms with van der Waals surface area (Å²) in [5, 5.41) is 20.9. The van der Waals surface area contributed by atoms with Crippen LogP contribution in [0.2, 0.25) is 0 Å². The topological polar surface area (TPSA) is 76.1 Å². The molecule has 23 heavy (non-hydrogen) atoms. The first-order valence-electron chi connectivity index (χ1n) is 6.86. The van der Waals surface area contributed by atoms with Gasteiger partial charge in [-0.05, 0) is 47.4 Å². The van der Waals surface area contributed by atoms with Crippen LogP contribution in [0.1, 0.15) is 24.7 Å². The van der Waals surface area contributed by atoms with E-state index in [2.05, 4.69) is 16.5 Å². The van der Waals surface area contributed by atoms with Gasteiger partial charge in [-0.1, -0.05) is 30.9 Å². The highest BCUT2D eigenvalue weighted by Crippen LogP contribution is 2.36. The molecule has 0 atom stereocenters. The van der Waals surface area contributed by atoms with E-state index in [1.807, 2.05) is 25.2 Å². The van der Waals surface area contributed by atoms with E-state index >= 15 is 0 Å². The maximum atomic E-state index is 10.3. The fourth-order valence-electron chi connectivity index (χ4n) is 1.81. The van der Waals surface area contributed by atoms with E-state index in [1.54, 1.807) is 25.4 Å². The van der Waals surface area contributed by atoms with Crippen molar-refractivity contribution in [1.29, 1.82) is 0 Å². The van der Waals surface area contributed by atoms with Crippen molar-refractivity contribution in [2.75, 3.05) is 0 Å². The molecule has 2 heterocycles. The number of allylic oxidation sites excluding steroid dienone is 5. The third-order valence-corrected chi connectivity index (χ3v) is 5.14. The van der Waals surface area contributed by atoms with Gasteiger partial charge >= 0.3 is 0 Å². The summed E-state index contributed by atoms with van der Waals surface area (Å²) in [5.74, 6) is 0. The number of aryl methyl sites for hydroxylation is 1. The van der Waals surface area contributed by atoms with Crippen LogP contribution in [0.25, 0.3) is 5.57 Å². The minimum absolute atomic E-state index is 0.415.